The molecule has 32 heavy (non-hydrogen) atoms. The molecule has 0 saturated carbocycles. The van der Waals surface area contributed by atoms with Gasteiger partial charge in [-0.3, -0.25) is 0 Å². The molecule has 0 spiro atoms. The zero-order valence-electron chi connectivity index (χ0n) is 18.3. The Morgan fingerprint density at radius 2 is 1.69 bits per heavy atom. The minimum Gasteiger partial charge on any atom is -0.394 e. The first-order valence-corrected chi connectivity index (χ1v) is 12.5. The number of fused-ring (bicyclic) bond motifs is 3. The van der Waals surface area contributed by atoms with Gasteiger partial charge in [0.15, 0.2) is 0 Å². The minimum absolute atomic E-state index is 0.00417. The van der Waals surface area contributed by atoms with Crippen molar-refractivity contribution in [3.8, 4) is 11.1 Å². The van der Waals surface area contributed by atoms with Crippen LogP contribution in [0.1, 0.15) is 23.6 Å². The van der Waals surface area contributed by atoms with Crippen LogP contribution in [0.15, 0.2) is 77.7 Å². The van der Waals surface area contributed by atoms with Crippen molar-refractivity contribution in [3.05, 3.63) is 83.9 Å². The van der Waals surface area contributed by atoms with Crippen molar-refractivity contribution in [2.45, 2.75) is 30.3 Å². The smallest absolute Gasteiger partial charge is 0.243 e. The highest BCUT2D eigenvalue weighted by Crippen LogP contribution is 2.51. The SMILES string of the molecule is Cc1ccccc1S(=O)(=O)N1CC[C@@H]2[C@H]1c1cc(-c3ccccc3)ccc1N(C)[C@H]2CO. The van der Waals surface area contributed by atoms with E-state index in [4.69, 9.17) is 0 Å². The summed E-state index contributed by atoms with van der Waals surface area (Å²) in [6.07, 6.45) is 0.723. The lowest BCUT2D eigenvalue weighted by Crippen LogP contribution is -2.48. The number of nitrogens with zero attached hydrogens (tertiary/aromatic N) is 2. The van der Waals surface area contributed by atoms with E-state index in [9.17, 15) is 13.5 Å². The van der Waals surface area contributed by atoms with E-state index < -0.39 is 10.0 Å². The number of aliphatic hydroxyl groups excluding tert-OH is 1. The van der Waals surface area contributed by atoms with E-state index in [1.165, 1.54) is 0 Å². The van der Waals surface area contributed by atoms with Gasteiger partial charge in [0.2, 0.25) is 10.0 Å². The molecule has 6 heteroatoms. The normalized spacial score (nSPS) is 23.1. The maximum atomic E-state index is 13.8. The number of anilines is 1. The van der Waals surface area contributed by atoms with E-state index in [-0.39, 0.29) is 24.6 Å². The molecule has 2 aliphatic rings. The molecule has 3 atom stereocenters. The number of aryl methyl sites for hydroxylation is 1. The number of hydrogen-bond donors (Lipinski definition) is 1. The Morgan fingerprint density at radius 1 is 0.969 bits per heavy atom. The Balaban J connectivity index is 1.66. The molecular formula is C26H28N2O3S. The summed E-state index contributed by atoms with van der Waals surface area (Å²) < 4.78 is 29.3. The fourth-order valence-electron chi connectivity index (χ4n) is 5.46. The van der Waals surface area contributed by atoms with Crippen molar-refractivity contribution in [3.63, 3.8) is 0 Å². The maximum Gasteiger partial charge on any atom is 0.243 e. The van der Waals surface area contributed by atoms with Crippen molar-refractivity contribution in [1.82, 2.24) is 4.31 Å². The Labute approximate surface area is 190 Å². The summed E-state index contributed by atoms with van der Waals surface area (Å²) in [6, 6.07) is 23.2. The van der Waals surface area contributed by atoms with E-state index in [0.29, 0.717) is 11.4 Å². The number of rotatable bonds is 4. The van der Waals surface area contributed by atoms with Gasteiger partial charge in [0.1, 0.15) is 0 Å². The molecule has 0 amide bonds. The lowest BCUT2D eigenvalue weighted by atomic mass is 9.81. The molecule has 0 bridgehead atoms. The van der Waals surface area contributed by atoms with Crippen LogP contribution < -0.4 is 4.90 Å². The number of sulfonamides is 1. The average molecular weight is 449 g/mol. The number of aliphatic hydroxyl groups is 1. The predicted octanol–water partition coefficient (Wildman–Crippen LogP) is 4.22. The van der Waals surface area contributed by atoms with Crippen molar-refractivity contribution < 1.29 is 13.5 Å². The van der Waals surface area contributed by atoms with E-state index in [1.807, 2.05) is 44.3 Å². The highest BCUT2D eigenvalue weighted by molar-refractivity contribution is 7.89. The van der Waals surface area contributed by atoms with Crippen molar-refractivity contribution >= 4 is 15.7 Å². The minimum atomic E-state index is -3.68. The molecule has 5 rings (SSSR count). The van der Waals surface area contributed by atoms with Gasteiger partial charge in [0.25, 0.3) is 0 Å². The van der Waals surface area contributed by atoms with Crippen LogP contribution in [0.5, 0.6) is 0 Å². The van der Waals surface area contributed by atoms with Gasteiger partial charge in [-0.05, 0) is 53.8 Å². The second-order valence-corrected chi connectivity index (χ2v) is 10.6. The first-order chi connectivity index (χ1) is 15.4. The molecule has 0 radical (unpaired) electrons. The monoisotopic (exact) mass is 448 g/mol. The third-order valence-electron chi connectivity index (χ3n) is 7.09. The van der Waals surface area contributed by atoms with Crippen LogP contribution in [0.25, 0.3) is 11.1 Å². The summed E-state index contributed by atoms with van der Waals surface area (Å²) >= 11 is 0. The molecular weight excluding hydrogens is 420 g/mol. The molecule has 0 unspecified atom stereocenters. The quantitative estimate of drug-likeness (QED) is 0.649. The van der Waals surface area contributed by atoms with E-state index in [1.54, 1.807) is 16.4 Å². The largest absolute Gasteiger partial charge is 0.394 e. The average Bonchev–Trinajstić information content (AvgIpc) is 3.26. The van der Waals surface area contributed by atoms with Gasteiger partial charge < -0.3 is 10.0 Å². The first kappa shape index (κ1) is 21.2. The van der Waals surface area contributed by atoms with Crippen LogP contribution in [0, 0.1) is 12.8 Å². The maximum absolute atomic E-state index is 13.8. The van der Waals surface area contributed by atoms with Gasteiger partial charge in [-0.25, -0.2) is 8.42 Å². The van der Waals surface area contributed by atoms with Crippen LogP contribution in [0.4, 0.5) is 5.69 Å². The van der Waals surface area contributed by atoms with Gasteiger partial charge >= 0.3 is 0 Å². The second-order valence-electron chi connectivity index (χ2n) is 8.78. The summed E-state index contributed by atoms with van der Waals surface area (Å²) in [5.41, 5.74) is 4.92. The Bertz CT molecular complexity index is 1240. The zero-order valence-corrected chi connectivity index (χ0v) is 19.2. The first-order valence-electron chi connectivity index (χ1n) is 11.0. The van der Waals surface area contributed by atoms with Crippen molar-refractivity contribution in [1.29, 1.82) is 0 Å². The van der Waals surface area contributed by atoms with Gasteiger partial charge in [0.05, 0.1) is 23.6 Å². The molecule has 1 N–H and O–H groups in total. The number of hydrogen-bond acceptors (Lipinski definition) is 4. The number of benzene rings is 3. The van der Waals surface area contributed by atoms with Crippen LogP contribution >= 0.6 is 0 Å². The third-order valence-corrected chi connectivity index (χ3v) is 9.13. The molecule has 0 aromatic heterocycles. The van der Waals surface area contributed by atoms with Gasteiger partial charge in [0, 0.05) is 25.2 Å². The van der Waals surface area contributed by atoms with Crippen LogP contribution in [0.3, 0.4) is 0 Å². The van der Waals surface area contributed by atoms with E-state index >= 15 is 0 Å². The number of likely N-dealkylation sites (N-methyl/N-ethyl adjacent to an activating group) is 1. The highest BCUT2D eigenvalue weighted by atomic mass is 32.2. The molecule has 166 valence electrons. The zero-order chi connectivity index (χ0) is 22.5. The molecule has 1 fully saturated rings. The van der Waals surface area contributed by atoms with E-state index in [0.717, 1.165) is 34.4 Å². The Hall–Kier alpha value is -2.67. The summed E-state index contributed by atoms with van der Waals surface area (Å²) in [4.78, 5) is 2.48. The summed E-state index contributed by atoms with van der Waals surface area (Å²) in [7, 11) is -1.68. The molecule has 3 aromatic rings. The Morgan fingerprint density at radius 3 is 2.41 bits per heavy atom. The second kappa shape index (κ2) is 8.03. The highest BCUT2D eigenvalue weighted by Gasteiger charge is 2.50. The molecule has 0 aliphatic carbocycles. The van der Waals surface area contributed by atoms with Crippen LogP contribution in [-0.2, 0) is 10.0 Å². The van der Waals surface area contributed by atoms with Gasteiger partial charge in [-0.1, -0.05) is 54.6 Å². The lowest BCUT2D eigenvalue weighted by Gasteiger charge is -2.44. The third kappa shape index (κ3) is 3.25. The summed E-state index contributed by atoms with van der Waals surface area (Å²) in [5.74, 6) is 0.0299. The van der Waals surface area contributed by atoms with Crippen molar-refractivity contribution in [2.75, 3.05) is 25.1 Å². The standard InChI is InChI=1S/C26H28N2O3S/c1-18-8-6-7-11-25(18)32(30,31)28-15-14-21-24(17-29)27(2)23-13-12-20(16-22(23)26(21)28)19-9-4-3-5-10-19/h3-13,16,21,24,26,29H,14-15,17H2,1-2H3/t21-,24-,26-/m0/s1. The molecule has 1 saturated heterocycles. The molecule has 3 aromatic carbocycles. The van der Waals surface area contributed by atoms with Crippen LogP contribution in [-0.4, -0.2) is 44.1 Å². The molecule has 2 aliphatic heterocycles. The summed E-state index contributed by atoms with van der Waals surface area (Å²) in [5, 5.41) is 10.2. The summed E-state index contributed by atoms with van der Waals surface area (Å²) in [6.45, 7) is 2.29. The van der Waals surface area contributed by atoms with Gasteiger partial charge in [-0.15, -0.1) is 0 Å². The predicted molar refractivity (Wildman–Crippen MR) is 127 cm³/mol. The van der Waals surface area contributed by atoms with E-state index in [2.05, 4.69) is 35.2 Å². The fraction of sp³-hybridized carbons (Fsp3) is 0.308. The van der Waals surface area contributed by atoms with Crippen LogP contribution in [0.2, 0.25) is 0 Å². The van der Waals surface area contributed by atoms with Crippen molar-refractivity contribution in [2.24, 2.45) is 5.92 Å². The molecule has 5 nitrogen and oxygen atoms in total. The topological polar surface area (TPSA) is 60.9 Å². The Kier molecular flexibility index (Phi) is 5.32. The molecule has 2 heterocycles. The fourth-order valence-corrected chi connectivity index (χ4v) is 7.36. The van der Waals surface area contributed by atoms with Gasteiger partial charge in [-0.2, -0.15) is 4.31 Å². The lowest BCUT2D eigenvalue weighted by molar-refractivity contribution is 0.193.